The summed E-state index contributed by atoms with van der Waals surface area (Å²) in [7, 11) is 0. The molecule has 14 heavy (non-hydrogen) atoms. The molecule has 0 saturated carbocycles. The van der Waals surface area contributed by atoms with E-state index in [0.29, 0.717) is 0 Å². The van der Waals surface area contributed by atoms with Gasteiger partial charge in [0.25, 0.3) is 0 Å². The van der Waals surface area contributed by atoms with E-state index in [2.05, 4.69) is 26.0 Å². The van der Waals surface area contributed by atoms with Gasteiger partial charge in [0.2, 0.25) is 0 Å². The SMILES string of the molecule is CC(C)(C)OC(=O)N1CCN(I)CC1. The van der Waals surface area contributed by atoms with Crippen LogP contribution >= 0.6 is 22.9 Å². The molecule has 1 aliphatic heterocycles. The molecule has 0 unspecified atom stereocenters. The fraction of sp³-hybridized carbons (Fsp3) is 0.889. The molecule has 4 nitrogen and oxygen atoms in total. The van der Waals surface area contributed by atoms with Crippen LogP contribution in [0.25, 0.3) is 0 Å². The third-order valence-electron chi connectivity index (χ3n) is 1.88. The molecule has 1 saturated heterocycles. The number of carbonyl (C=O) groups is 1. The molecule has 0 aromatic heterocycles. The van der Waals surface area contributed by atoms with Crippen molar-refractivity contribution in [3.05, 3.63) is 0 Å². The van der Waals surface area contributed by atoms with Crippen LogP contribution in [0.3, 0.4) is 0 Å². The van der Waals surface area contributed by atoms with Gasteiger partial charge in [0.15, 0.2) is 0 Å². The zero-order valence-electron chi connectivity index (χ0n) is 8.92. The van der Waals surface area contributed by atoms with E-state index in [1.54, 1.807) is 4.90 Å². The molecule has 0 aromatic carbocycles. The van der Waals surface area contributed by atoms with Crippen molar-refractivity contribution in [1.29, 1.82) is 0 Å². The van der Waals surface area contributed by atoms with Crippen LogP contribution in [0.15, 0.2) is 0 Å². The Balaban J connectivity index is 2.38. The van der Waals surface area contributed by atoms with Gasteiger partial charge in [-0.3, -0.25) is 0 Å². The summed E-state index contributed by atoms with van der Waals surface area (Å²) in [6, 6.07) is 0. The molecule has 5 heteroatoms. The molecule has 0 atom stereocenters. The highest BCUT2D eigenvalue weighted by Gasteiger charge is 2.24. The number of hydrogen-bond acceptors (Lipinski definition) is 3. The standard InChI is InChI=1S/C9H17IN2O2/c1-9(2,3)14-8(13)11-4-6-12(10)7-5-11/h4-7H2,1-3H3. The first-order valence-electron chi connectivity index (χ1n) is 4.77. The third kappa shape index (κ3) is 4.00. The Morgan fingerprint density at radius 2 is 1.71 bits per heavy atom. The number of halogens is 1. The third-order valence-corrected chi connectivity index (χ3v) is 2.84. The summed E-state index contributed by atoms with van der Waals surface area (Å²) in [6.45, 7) is 9.02. The minimum Gasteiger partial charge on any atom is -0.444 e. The molecule has 1 heterocycles. The molecule has 82 valence electrons. The molecule has 0 aliphatic carbocycles. The van der Waals surface area contributed by atoms with Crippen molar-refractivity contribution >= 4 is 29.0 Å². The molecule has 1 aliphatic rings. The van der Waals surface area contributed by atoms with Gasteiger partial charge in [0.1, 0.15) is 5.60 Å². The van der Waals surface area contributed by atoms with Crippen LogP contribution in [-0.4, -0.2) is 45.9 Å². The Labute approximate surface area is 99.1 Å². The van der Waals surface area contributed by atoms with E-state index in [0.717, 1.165) is 26.2 Å². The Morgan fingerprint density at radius 3 is 2.14 bits per heavy atom. The quantitative estimate of drug-likeness (QED) is 0.506. The Morgan fingerprint density at radius 1 is 1.21 bits per heavy atom. The zero-order valence-corrected chi connectivity index (χ0v) is 11.1. The van der Waals surface area contributed by atoms with Gasteiger partial charge in [-0.25, -0.2) is 7.91 Å². The van der Waals surface area contributed by atoms with E-state index >= 15 is 0 Å². The summed E-state index contributed by atoms with van der Waals surface area (Å²) in [5.74, 6) is 0. The van der Waals surface area contributed by atoms with E-state index in [9.17, 15) is 4.79 Å². The second-order valence-corrected chi connectivity index (χ2v) is 5.74. The van der Waals surface area contributed by atoms with Crippen molar-refractivity contribution < 1.29 is 9.53 Å². The minimum atomic E-state index is -0.390. The van der Waals surface area contributed by atoms with Crippen LogP contribution in [0.4, 0.5) is 4.79 Å². The highest BCUT2D eigenvalue weighted by molar-refractivity contribution is 14.1. The van der Waals surface area contributed by atoms with Crippen LogP contribution in [0, 0.1) is 0 Å². The van der Waals surface area contributed by atoms with Gasteiger partial charge in [-0.05, 0) is 20.8 Å². The largest absolute Gasteiger partial charge is 0.444 e. The molecule has 1 fully saturated rings. The zero-order chi connectivity index (χ0) is 10.8. The number of hydrogen-bond donors (Lipinski definition) is 0. The second-order valence-electron chi connectivity index (χ2n) is 4.38. The average molecular weight is 312 g/mol. The first-order valence-corrected chi connectivity index (χ1v) is 5.73. The topological polar surface area (TPSA) is 32.8 Å². The normalized spacial score (nSPS) is 19.6. The van der Waals surface area contributed by atoms with E-state index < -0.39 is 5.60 Å². The highest BCUT2D eigenvalue weighted by atomic mass is 127. The molecule has 0 bridgehead atoms. The van der Waals surface area contributed by atoms with Crippen LogP contribution < -0.4 is 0 Å². The highest BCUT2D eigenvalue weighted by Crippen LogP contribution is 2.12. The second kappa shape index (κ2) is 4.65. The Hall–Kier alpha value is -0.0400. The van der Waals surface area contributed by atoms with Crippen molar-refractivity contribution in [3.8, 4) is 0 Å². The minimum absolute atomic E-state index is 0.193. The number of carbonyl (C=O) groups excluding carboxylic acids is 1. The Bertz CT molecular complexity index is 207. The average Bonchev–Trinajstić information content (AvgIpc) is 2.02. The molecule has 0 aromatic rings. The number of ether oxygens (including phenoxy) is 1. The summed E-state index contributed by atoms with van der Waals surface area (Å²) >= 11 is 2.27. The van der Waals surface area contributed by atoms with Crippen LogP contribution in [-0.2, 0) is 4.74 Å². The molecule has 0 radical (unpaired) electrons. The fourth-order valence-corrected chi connectivity index (χ4v) is 1.62. The van der Waals surface area contributed by atoms with Crippen molar-refractivity contribution in [2.45, 2.75) is 26.4 Å². The molecule has 0 N–H and O–H groups in total. The number of nitrogens with zero attached hydrogens (tertiary/aromatic N) is 2. The van der Waals surface area contributed by atoms with E-state index in [1.807, 2.05) is 20.8 Å². The van der Waals surface area contributed by atoms with Crippen LogP contribution in [0.5, 0.6) is 0 Å². The molecular formula is C9H17IN2O2. The van der Waals surface area contributed by atoms with Gasteiger partial charge in [0.05, 0.1) is 0 Å². The smallest absolute Gasteiger partial charge is 0.410 e. The van der Waals surface area contributed by atoms with Gasteiger partial charge in [-0.1, -0.05) is 0 Å². The van der Waals surface area contributed by atoms with Crippen molar-refractivity contribution in [2.24, 2.45) is 0 Å². The molecule has 1 amide bonds. The van der Waals surface area contributed by atoms with Crippen molar-refractivity contribution in [2.75, 3.05) is 26.2 Å². The number of amides is 1. The summed E-state index contributed by atoms with van der Waals surface area (Å²) in [6.07, 6.45) is -0.193. The van der Waals surface area contributed by atoms with E-state index in [4.69, 9.17) is 4.74 Å². The van der Waals surface area contributed by atoms with Crippen molar-refractivity contribution in [3.63, 3.8) is 0 Å². The maximum absolute atomic E-state index is 11.6. The maximum atomic E-state index is 11.6. The lowest BCUT2D eigenvalue weighted by Gasteiger charge is -2.32. The molecule has 1 rings (SSSR count). The molecular weight excluding hydrogens is 295 g/mol. The molecule has 0 spiro atoms. The van der Waals surface area contributed by atoms with Gasteiger partial charge in [-0.15, -0.1) is 0 Å². The fourth-order valence-electron chi connectivity index (χ4n) is 1.19. The predicted molar refractivity (Wildman–Crippen MR) is 63.4 cm³/mol. The summed E-state index contributed by atoms with van der Waals surface area (Å²) in [5.41, 5.74) is -0.390. The Kier molecular flexibility index (Phi) is 4.00. The first-order chi connectivity index (χ1) is 6.38. The van der Waals surface area contributed by atoms with Crippen LogP contribution in [0.2, 0.25) is 0 Å². The number of piperazine rings is 1. The van der Waals surface area contributed by atoms with Gasteiger partial charge in [-0.2, -0.15) is 0 Å². The van der Waals surface area contributed by atoms with E-state index in [1.165, 1.54) is 0 Å². The number of rotatable bonds is 0. The van der Waals surface area contributed by atoms with E-state index in [-0.39, 0.29) is 6.09 Å². The van der Waals surface area contributed by atoms with Gasteiger partial charge < -0.3 is 9.64 Å². The lowest BCUT2D eigenvalue weighted by molar-refractivity contribution is 0.0204. The van der Waals surface area contributed by atoms with Crippen LogP contribution in [0.1, 0.15) is 20.8 Å². The van der Waals surface area contributed by atoms with Gasteiger partial charge >= 0.3 is 6.09 Å². The van der Waals surface area contributed by atoms with Crippen molar-refractivity contribution in [1.82, 2.24) is 8.01 Å². The summed E-state index contributed by atoms with van der Waals surface area (Å²) in [5, 5.41) is 0. The summed E-state index contributed by atoms with van der Waals surface area (Å²) in [4.78, 5) is 13.4. The van der Waals surface area contributed by atoms with Gasteiger partial charge in [0, 0.05) is 49.0 Å². The monoisotopic (exact) mass is 312 g/mol. The lowest BCUT2D eigenvalue weighted by Crippen LogP contribution is -2.47. The maximum Gasteiger partial charge on any atom is 0.410 e. The summed E-state index contributed by atoms with van der Waals surface area (Å²) < 4.78 is 7.46. The lowest BCUT2D eigenvalue weighted by atomic mass is 10.2. The first kappa shape index (κ1) is 12.0. The predicted octanol–water partition coefficient (Wildman–Crippen LogP) is 1.89.